The van der Waals surface area contributed by atoms with Gasteiger partial charge in [0.1, 0.15) is 6.54 Å². The highest BCUT2D eigenvalue weighted by Crippen LogP contribution is 2.31. The van der Waals surface area contributed by atoms with Crippen molar-refractivity contribution in [2.45, 2.75) is 19.8 Å². The van der Waals surface area contributed by atoms with Gasteiger partial charge >= 0.3 is 5.97 Å². The molecule has 0 radical (unpaired) electrons. The molecule has 0 aliphatic carbocycles. The minimum atomic E-state index is -0.396. The van der Waals surface area contributed by atoms with E-state index in [-0.39, 0.29) is 18.4 Å². The number of piperidine rings is 1. The number of aromatic nitrogens is 1. The van der Waals surface area contributed by atoms with Gasteiger partial charge in [0.25, 0.3) is 0 Å². The molecule has 1 aliphatic heterocycles. The maximum atomic E-state index is 12.3. The average Bonchev–Trinajstić information content (AvgIpc) is 2.66. The maximum absolute atomic E-state index is 12.3. The van der Waals surface area contributed by atoms with Gasteiger partial charge in [-0.2, -0.15) is 0 Å². The quantitative estimate of drug-likeness (QED) is 0.754. The fourth-order valence-corrected chi connectivity index (χ4v) is 3.64. The van der Waals surface area contributed by atoms with Crippen LogP contribution in [0.25, 0.3) is 10.9 Å². The first-order valence-electron chi connectivity index (χ1n) is 8.81. The van der Waals surface area contributed by atoms with Gasteiger partial charge in [0.2, 0.25) is 5.91 Å². The molecule has 0 atom stereocenters. The van der Waals surface area contributed by atoms with Crippen molar-refractivity contribution in [3.05, 3.63) is 34.9 Å². The molecule has 1 aromatic heterocycles. The smallest absolute Gasteiger partial charge is 0.325 e. The number of esters is 1. The van der Waals surface area contributed by atoms with Crippen LogP contribution in [0.1, 0.15) is 19.8 Å². The molecule has 1 amide bonds. The molecule has 138 valence electrons. The Bertz CT molecular complexity index is 804. The predicted octanol–water partition coefficient (Wildman–Crippen LogP) is 2.89. The first-order valence-corrected chi connectivity index (χ1v) is 9.60. The second-order valence-corrected chi connectivity index (χ2v) is 7.19. The third-order valence-electron chi connectivity index (χ3n) is 4.60. The highest BCUT2D eigenvalue weighted by atomic mass is 79.9. The van der Waals surface area contributed by atoms with Crippen LogP contribution in [0.4, 0.5) is 5.69 Å². The number of pyridine rings is 1. The normalized spacial score (nSPS) is 15.1. The zero-order valence-corrected chi connectivity index (χ0v) is 16.3. The molecule has 26 heavy (non-hydrogen) atoms. The molecular weight excluding hydrogens is 398 g/mol. The van der Waals surface area contributed by atoms with E-state index in [9.17, 15) is 9.59 Å². The number of ether oxygens (including phenoxy) is 1. The summed E-state index contributed by atoms with van der Waals surface area (Å²) in [5.41, 5.74) is 2.10. The van der Waals surface area contributed by atoms with Gasteiger partial charge < -0.3 is 15.0 Å². The number of hydrogen-bond acceptors (Lipinski definition) is 5. The lowest BCUT2D eigenvalue weighted by atomic mass is 9.95. The van der Waals surface area contributed by atoms with E-state index in [4.69, 9.17) is 4.74 Å². The van der Waals surface area contributed by atoms with E-state index >= 15 is 0 Å². The predicted molar refractivity (Wildman–Crippen MR) is 104 cm³/mol. The average molecular weight is 420 g/mol. The van der Waals surface area contributed by atoms with Gasteiger partial charge in [0, 0.05) is 40.8 Å². The van der Waals surface area contributed by atoms with Gasteiger partial charge in [-0.25, -0.2) is 0 Å². The number of carbonyl (C=O) groups excluding carboxylic acids is 2. The maximum Gasteiger partial charge on any atom is 0.325 e. The van der Waals surface area contributed by atoms with Gasteiger partial charge in [0.15, 0.2) is 0 Å². The van der Waals surface area contributed by atoms with Crippen molar-refractivity contribution in [3.8, 4) is 0 Å². The molecule has 0 saturated carbocycles. The van der Waals surface area contributed by atoms with Crippen molar-refractivity contribution < 1.29 is 14.3 Å². The van der Waals surface area contributed by atoms with E-state index < -0.39 is 5.97 Å². The number of halogens is 1. The van der Waals surface area contributed by atoms with Gasteiger partial charge in [-0.15, -0.1) is 0 Å². The van der Waals surface area contributed by atoms with Crippen molar-refractivity contribution in [2.24, 2.45) is 5.92 Å². The number of fused-ring (bicyclic) bond motifs is 1. The van der Waals surface area contributed by atoms with E-state index in [0.717, 1.165) is 47.0 Å². The van der Waals surface area contributed by atoms with Crippen molar-refractivity contribution in [1.82, 2.24) is 10.3 Å². The minimum absolute atomic E-state index is 0.0596. The fourth-order valence-electron chi connectivity index (χ4n) is 3.28. The number of amides is 1. The summed E-state index contributed by atoms with van der Waals surface area (Å²) < 4.78 is 5.85. The van der Waals surface area contributed by atoms with Gasteiger partial charge in [0.05, 0.1) is 12.1 Å². The fraction of sp³-hybridized carbons (Fsp3) is 0.421. The van der Waals surface area contributed by atoms with Gasteiger partial charge in [-0.05, 0) is 44.0 Å². The monoisotopic (exact) mass is 419 g/mol. The Hall–Kier alpha value is -2.15. The zero-order chi connectivity index (χ0) is 18.5. The Balaban J connectivity index is 1.61. The summed E-state index contributed by atoms with van der Waals surface area (Å²) in [7, 11) is 0. The highest BCUT2D eigenvalue weighted by molar-refractivity contribution is 9.10. The first-order chi connectivity index (χ1) is 12.6. The zero-order valence-electron chi connectivity index (χ0n) is 14.7. The van der Waals surface area contributed by atoms with Crippen molar-refractivity contribution in [1.29, 1.82) is 0 Å². The lowest BCUT2D eigenvalue weighted by Gasteiger charge is -2.33. The van der Waals surface area contributed by atoms with Crippen molar-refractivity contribution >= 4 is 44.4 Å². The molecule has 7 heteroatoms. The molecule has 0 unspecified atom stereocenters. The standard InChI is InChI=1S/C19H22BrN3O3/c1-2-26-18(24)12-22-19(25)13-6-9-23(10-7-13)17-5-8-21-16-4-3-14(20)11-15(16)17/h3-5,8,11,13H,2,6-7,9-10,12H2,1H3,(H,22,25). The molecule has 1 aliphatic rings. The molecule has 0 bridgehead atoms. The Morgan fingerprint density at radius 2 is 2.08 bits per heavy atom. The van der Waals surface area contributed by atoms with Crippen LogP contribution in [0.3, 0.4) is 0 Å². The summed E-state index contributed by atoms with van der Waals surface area (Å²) in [5.74, 6) is -0.535. The topological polar surface area (TPSA) is 71.5 Å². The van der Waals surface area contributed by atoms with Crippen LogP contribution >= 0.6 is 15.9 Å². The Morgan fingerprint density at radius 3 is 2.81 bits per heavy atom. The molecule has 3 rings (SSSR count). The van der Waals surface area contributed by atoms with Crippen LogP contribution in [-0.4, -0.2) is 43.1 Å². The number of nitrogens with zero attached hydrogens (tertiary/aromatic N) is 2. The summed E-state index contributed by atoms with van der Waals surface area (Å²) in [6, 6.07) is 8.09. The van der Waals surface area contributed by atoms with E-state index in [2.05, 4.69) is 37.2 Å². The summed E-state index contributed by atoms with van der Waals surface area (Å²) >= 11 is 3.52. The van der Waals surface area contributed by atoms with Crippen LogP contribution < -0.4 is 10.2 Å². The number of hydrogen-bond donors (Lipinski definition) is 1. The number of nitrogens with one attached hydrogen (secondary N) is 1. The molecule has 1 saturated heterocycles. The van der Waals surface area contributed by atoms with Crippen LogP contribution in [0, 0.1) is 5.92 Å². The van der Waals surface area contributed by atoms with Gasteiger partial charge in [-0.1, -0.05) is 15.9 Å². The molecule has 0 spiro atoms. The van der Waals surface area contributed by atoms with E-state index in [1.54, 1.807) is 6.92 Å². The minimum Gasteiger partial charge on any atom is -0.465 e. The third-order valence-corrected chi connectivity index (χ3v) is 5.09. The van der Waals surface area contributed by atoms with Crippen LogP contribution in [0.5, 0.6) is 0 Å². The molecule has 1 aromatic carbocycles. The summed E-state index contributed by atoms with van der Waals surface area (Å²) in [6.07, 6.45) is 3.34. The molecular formula is C19H22BrN3O3. The second-order valence-electron chi connectivity index (χ2n) is 6.28. The Morgan fingerprint density at radius 1 is 1.31 bits per heavy atom. The van der Waals surface area contributed by atoms with E-state index in [0.29, 0.717) is 6.61 Å². The molecule has 2 aromatic rings. The van der Waals surface area contributed by atoms with Crippen LogP contribution in [0.2, 0.25) is 0 Å². The van der Waals surface area contributed by atoms with Crippen molar-refractivity contribution in [2.75, 3.05) is 31.1 Å². The van der Waals surface area contributed by atoms with Crippen LogP contribution in [-0.2, 0) is 14.3 Å². The SMILES string of the molecule is CCOC(=O)CNC(=O)C1CCN(c2ccnc3ccc(Br)cc23)CC1. The lowest BCUT2D eigenvalue weighted by molar-refractivity contribution is -0.143. The van der Waals surface area contributed by atoms with E-state index in [1.807, 2.05) is 24.4 Å². The highest BCUT2D eigenvalue weighted by Gasteiger charge is 2.26. The van der Waals surface area contributed by atoms with E-state index in [1.165, 1.54) is 0 Å². The second kappa shape index (κ2) is 8.49. The van der Waals surface area contributed by atoms with Crippen LogP contribution in [0.15, 0.2) is 34.9 Å². The number of rotatable bonds is 5. The molecule has 6 nitrogen and oxygen atoms in total. The molecule has 1 N–H and O–H groups in total. The number of carbonyl (C=O) groups is 2. The van der Waals surface area contributed by atoms with Crippen molar-refractivity contribution in [3.63, 3.8) is 0 Å². The third kappa shape index (κ3) is 4.33. The largest absolute Gasteiger partial charge is 0.465 e. The molecule has 1 fully saturated rings. The molecule has 2 heterocycles. The lowest BCUT2D eigenvalue weighted by Crippen LogP contribution is -2.42. The Labute approximate surface area is 161 Å². The summed E-state index contributed by atoms with van der Waals surface area (Å²) in [4.78, 5) is 30.3. The van der Waals surface area contributed by atoms with Gasteiger partial charge in [-0.3, -0.25) is 14.6 Å². The Kier molecular flexibility index (Phi) is 6.08. The number of anilines is 1. The first kappa shape index (κ1) is 18.6. The number of benzene rings is 1. The summed E-state index contributed by atoms with van der Waals surface area (Å²) in [5, 5.41) is 3.78. The summed E-state index contributed by atoms with van der Waals surface area (Å²) in [6.45, 7) is 3.60.